The third-order valence-corrected chi connectivity index (χ3v) is 4.00. The van der Waals surface area contributed by atoms with Crippen molar-refractivity contribution in [3.8, 4) is 0 Å². The van der Waals surface area contributed by atoms with Crippen LogP contribution in [0.1, 0.15) is 31.1 Å². The molecule has 1 aromatic carbocycles. The Morgan fingerprint density at radius 1 is 1.24 bits per heavy atom. The SMILES string of the molecule is CCN(CC)c1ccc2c(C(=O)N[C@@H](C)C(=O)OC)cc(=O)oc2c1. The van der Waals surface area contributed by atoms with Gasteiger partial charge in [-0.3, -0.25) is 4.79 Å². The molecule has 0 aliphatic rings. The Hall–Kier alpha value is -2.83. The van der Waals surface area contributed by atoms with Crippen LogP contribution in [0.5, 0.6) is 0 Å². The number of methoxy groups -OCH3 is 1. The fourth-order valence-electron chi connectivity index (χ4n) is 2.63. The van der Waals surface area contributed by atoms with Gasteiger partial charge in [0, 0.05) is 36.3 Å². The van der Waals surface area contributed by atoms with E-state index in [4.69, 9.17) is 4.42 Å². The molecule has 0 saturated carbocycles. The van der Waals surface area contributed by atoms with Crippen LogP contribution < -0.4 is 15.8 Å². The lowest BCUT2D eigenvalue weighted by atomic mass is 10.1. The van der Waals surface area contributed by atoms with Crippen LogP contribution >= 0.6 is 0 Å². The number of rotatable bonds is 6. The zero-order chi connectivity index (χ0) is 18.6. The van der Waals surface area contributed by atoms with Gasteiger partial charge in [-0.25, -0.2) is 9.59 Å². The third-order valence-electron chi connectivity index (χ3n) is 4.00. The van der Waals surface area contributed by atoms with Crippen molar-refractivity contribution < 1.29 is 18.7 Å². The highest BCUT2D eigenvalue weighted by molar-refractivity contribution is 6.07. The first kappa shape index (κ1) is 18.5. The fourth-order valence-corrected chi connectivity index (χ4v) is 2.63. The highest BCUT2D eigenvalue weighted by atomic mass is 16.5. The number of carbonyl (C=O) groups is 2. The van der Waals surface area contributed by atoms with Crippen LogP contribution in [0, 0.1) is 0 Å². The Morgan fingerprint density at radius 3 is 2.52 bits per heavy atom. The van der Waals surface area contributed by atoms with Crippen LogP contribution in [0.4, 0.5) is 5.69 Å². The third kappa shape index (κ3) is 3.99. The van der Waals surface area contributed by atoms with Crippen molar-refractivity contribution in [2.75, 3.05) is 25.1 Å². The van der Waals surface area contributed by atoms with E-state index in [1.165, 1.54) is 14.0 Å². The second-order valence-electron chi connectivity index (χ2n) is 5.55. The first-order valence-corrected chi connectivity index (χ1v) is 8.12. The molecule has 1 aromatic heterocycles. The smallest absolute Gasteiger partial charge is 0.337 e. The Labute approximate surface area is 145 Å². The molecule has 1 N–H and O–H groups in total. The van der Waals surface area contributed by atoms with Crippen molar-refractivity contribution in [2.24, 2.45) is 0 Å². The summed E-state index contributed by atoms with van der Waals surface area (Å²) in [6, 6.07) is 5.65. The standard InChI is InChI=1S/C18H22N2O5/c1-5-20(6-2)12-7-8-13-14(10-16(21)25-15(13)9-12)17(22)19-11(3)18(23)24-4/h7-11H,5-6H2,1-4H3,(H,19,22)/t11-/m0/s1. The van der Waals surface area contributed by atoms with Gasteiger partial charge in [-0.15, -0.1) is 0 Å². The number of anilines is 1. The molecule has 0 radical (unpaired) electrons. The Bertz CT molecular complexity index is 839. The lowest BCUT2D eigenvalue weighted by Crippen LogP contribution is -2.39. The van der Waals surface area contributed by atoms with E-state index >= 15 is 0 Å². The maximum atomic E-state index is 12.5. The lowest BCUT2D eigenvalue weighted by molar-refractivity contribution is -0.142. The van der Waals surface area contributed by atoms with E-state index < -0.39 is 23.5 Å². The number of nitrogens with one attached hydrogen (secondary N) is 1. The predicted octanol–water partition coefficient (Wildman–Crippen LogP) is 1.93. The van der Waals surface area contributed by atoms with E-state index in [-0.39, 0.29) is 5.56 Å². The molecule has 7 nitrogen and oxygen atoms in total. The van der Waals surface area contributed by atoms with Crippen molar-refractivity contribution in [3.63, 3.8) is 0 Å². The number of hydrogen-bond acceptors (Lipinski definition) is 6. The number of carbonyl (C=O) groups excluding carboxylic acids is 2. The van der Waals surface area contributed by atoms with Gasteiger partial charge in [-0.05, 0) is 32.9 Å². The average molecular weight is 346 g/mol. The van der Waals surface area contributed by atoms with Crippen LogP contribution in [0.2, 0.25) is 0 Å². The van der Waals surface area contributed by atoms with E-state index in [1.807, 2.05) is 19.9 Å². The van der Waals surface area contributed by atoms with Crippen LogP contribution in [-0.4, -0.2) is 38.1 Å². The van der Waals surface area contributed by atoms with Gasteiger partial charge in [0.2, 0.25) is 0 Å². The predicted molar refractivity (Wildman–Crippen MR) is 95.0 cm³/mol. The fraction of sp³-hybridized carbons (Fsp3) is 0.389. The summed E-state index contributed by atoms with van der Waals surface area (Å²) in [6.07, 6.45) is 0. The van der Waals surface area contributed by atoms with Crippen LogP contribution in [-0.2, 0) is 9.53 Å². The van der Waals surface area contributed by atoms with E-state index in [0.717, 1.165) is 24.8 Å². The molecule has 0 bridgehead atoms. The second-order valence-corrected chi connectivity index (χ2v) is 5.55. The molecule has 1 heterocycles. The van der Waals surface area contributed by atoms with Crippen molar-refractivity contribution >= 4 is 28.5 Å². The molecule has 0 saturated heterocycles. The molecule has 0 aliphatic carbocycles. The molecule has 134 valence electrons. The van der Waals surface area contributed by atoms with Gasteiger partial charge in [0.25, 0.3) is 5.91 Å². The van der Waals surface area contributed by atoms with Gasteiger partial charge < -0.3 is 19.4 Å². The monoisotopic (exact) mass is 346 g/mol. The quantitative estimate of drug-likeness (QED) is 0.635. The van der Waals surface area contributed by atoms with Crippen LogP contribution in [0.25, 0.3) is 11.0 Å². The number of fused-ring (bicyclic) bond motifs is 1. The molecular weight excluding hydrogens is 324 g/mol. The van der Waals surface area contributed by atoms with E-state index in [0.29, 0.717) is 11.0 Å². The highest BCUT2D eigenvalue weighted by Gasteiger charge is 2.20. The van der Waals surface area contributed by atoms with Crippen molar-refractivity contribution in [1.82, 2.24) is 5.32 Å². The molecule has 0 aliphatic heterocycles. The first-order chi connectivity index (χ1) is 11.9. The van der Waals surface area contributed by atoms with Gasteiger partial charge in [-0.2, -0.15) is 0 Å². The molecule has 0 unspecified atom stereocenters. The van der Waals surface area contributed by atoms with E-state index in [9.17, 15) is 14.4 Å². The number of benzene rings is 1. The Morgan fingerprint density at radius 2 is 1.92 bits per heavy atom. The molecule has 1 amide bonds. The van der Waals surface area contributed by atoms with Crippen LogP contribution in [0.3, 0.4) is 0 Å². The molecule has 25 heavy (non-hydrogen) atoms. The summed E-state index contributed by atoms with van der Waals surface area (Å²) in [5, 5.41) is 3.03. The number of hydrogen-bond donors (Lipinski definition) is 1. The largest absolute Gasteiger partial charge is 0.467 e. The zero-order valence-electron chi connectivity index (χ0n) is 14.8. The van der Waals surface area contributed by atoms with Crippen molar-refractivity contribution in [1.29, 1.82) is 0 Å². The number of ether oxygens (including phenoxy) is 1. The average Bonchev–Trinajstić information content (AvgIpc) is 2.60. The van der Waals surface area contributed by atoms with Gasteiger partial charge >= 0.3 is 11.6 Å². The van der Waals surface area contributed by atoms with Crippen molar-refractivity contribution in [3.05, 3.63) is 40.2 Å². The maximum Gasteiger partial charge on any atom is 0.337 e. The molecule has 7 heteroatoms. The van der Waals surface area contributed by atoms with E-state index in [1.54, 1.807) is 12.1 Å². The van der Waals surface area contributed by atoms with E-state index in [2.05, 4.69) is 15.0 Å². The van der Waals surface area contributed by atoms with Gasteiger partial charge in [0.1, 0.15) is 11.6 Å². The van der Waals surface area contributed by atoms with Crippen molar-refractivity contribution in [2.45, 2.75) is 26.8 Å². The van der Waals surface area contributed by atoms with Gasteiger partial charge in [0.15, 0.2) is 0 Å². The number of nitrogens with zero attached hydrogens (tertiary/aromatic N) is 1. The summed E-state index contributed by atoms with van der Waals surface area (Å²) in [5.41, 5.74) is 0.766. The van der Waals surface area contributed by atoms with Crippen LogP contribution in [0.15, 0.2) is 33.5 Å². The molecule has 2 aromatic rings. The summed E-state index contributed by atoms with van der Waals surface area (Å²) in [4.78, 5) is 37.9. The summed E-state index contributed by atoms with van der Waals surface area (Å²) in [7, 11) is 1.24. The summed E-state index contributed by atoms with van der Waals surface area (Å²) in [5.74, 6) is -1.10. The minimum atomic E-state index is -0.824. The zero-order valence-corrected chi connectivity index (χ0v) is 14.8. The minimum Gasteiger partial charge on any atom is -0.467 e. The topological polar surface area (TPSA) is 88.9 Å². The summed E-state index contributed by atoms with van der Waals surface area (Å²) >= 11 is 0. The lowest BCUT2D eigenvalue weighted by Gasteiger charge is -2.21. The second kappa shape index (κ2) is 7.83. The van der Waals surface area contributed by atoms with Gasteiger partial charge in [-0.1, -0.05) is 0 Å². The Kier molecular flexibility index (Phi) is 5.80. The minimum absolute atomic E-state index is 0.160. The van der Waals surface area contributed by atoms with Gasteiger partial charge in [0.05, 0.1) is 12.7 Å². The number of esters is 1. The normalized spacial score (nSPS) is 11.8. The number of amides is 1. The Balaban J connectivity index is 2.45. The molecule has 1 atom stereocenters. The highest BCUT2D eigenvalue weighted by Crippen LogP contribution is 2.24. The first-order valence-electron chi connectivity index (χ1n) is 8.12. The molecule has 0 spiro atoms. The summed E-state index contributed by atoms with van der Waals surface area (Å²) < 4.78 is 9.84. The maximum absolute atomic E-state index is 12.5. The molecule has 2 rings (SSSR count). The molecular formula is C18H22N2O5. The molecule has 0 fully saturated rings. The summed E-state index contributed by atoms with van der Waals surface area (Å²) in [6.45, 7) is 7.19.